The van der Waals surface area contributed by atoms with Crippen LogP contribution < -0.4 is 9.54 Å². The van der Waals surface area contributed by atoms with Gasteiger partial charge in [-0.15, -0.1) is 11.3 Å². The van der Waals surface area contributed by atoms with Crippen LogP contribution in [0.3, 0.4) is 0 Å². The molecule has 0 saturated heterocycles. The normalized spacial score (nSPS) is 12.1. The van der Waals surface area contributed by atoms with Gasteiger partial charge in [-0.3, -0.25) is 4.98 Å². The Balaban J connectivity index is 1.69. The molecule has 0 aliphatic carbocycles. The Morgan fingerprint density at radius 3 is 2.81 bits per heavy atom. The van der Waals surface area contributed by atoms with E-state index >= 15 is 0 Å². The average Bonchev–Trinajstić information content (AvgIpc) is 3.48. The number of nitrogens with zero attached hydrogens (tertiary/aromatic N) is 4. The van der Waals surface area contributed by atoms with Gasteiger partial charge in [0.25, 0.3) is 0 Å². The summed E-state index contributed by atoms with van der Waals surface area (Å²) in [5.74, 6) is 1.47. The number of furan rings is 1. The Hall–Kier alpha value is -3.97. The summed E-state index contributed by atoms with van der Waals surface area (Å²) in [5.41, 5.74) is 2.46. The standard InChI is InChI=1S/C24H18N4O2S/c1-29-22-11-10-17-6-2-3-8-19(17)20(22)15-26-28-21(23-9-5-13-30-23)16-31-24(28)27-18-7-4-12-25-14-18/h2-16H,1H3. The van der Waals surface area contributed by atoms with Gasteiger partial charge in [0.2, 0.25) is 4.80 Å². The number of thiazole rings is 1. The van der Waals surface area contributed by atoms with E-state index in [4.69, 9.17) is 19.2 Å². The fourth-order valence-corrected chi connectivity index (χ4v) is 4.15. The molecule has 0 amide bonds. The summed E-state index contributed by atoms with van der Waals surface area (Å²) in [7, 11) is 1.66. The number of aromatic nitrogens is 2. The Morgan fingerprint density at radius 2 is 2.00 bits per heavy atom. The summed E-state index contributed by atoms with van der Waals surface area (Å²) in [4.78, 5) is 9.57. The fourth-order valence-electron chi connectivity index (χ4n) is 3.32. The summed E-state index contributed by atoms with van der Waals surface area (Å²) >= 11 is 1.48. The maximum absolute atomic E-state index is 5.62. The van der Waals surface area contributed by atoms with Crippen molar-refractivity contribution >= 4 is 34.0 Å². The summed E-state index contributed by atoms with van der Waals surface area (Å²) < 4.78 is 13.0. The number of hydrogen-bond acceptors (Lipinski definition) is 6. The quantitative estimate of drug-likeness (QED) is 0.350. The van der Waals surface area contributed by atoms with E-state index in [1.807, 2.05) is 60.1 Å². The van der Waals surface area contributed by atoms with Crippen molar-refractivity contribution in [1.29, 1.82) is 0 Å². The smallest absolute Gasteiger partial charge is 0.211 e. The van der Waals surface area contributed by atoms with Gasteiger partial charge >= 0.3 is 0 Å². The highest BCUT2D eigenvalue weighted by Crippen LogP contribution is 2.27. The van der Waals surface area contributed by atoms with Gasteiger partial charge in [0, 0.05) is 17.1 Å². The Kier molecular flexibility index (Phi) is 5.16. The van der Waals surface area contributed by atoms with Crippen molar-refractivity contribution < 1.29 is 9.15 Å². The molecule has 3 heterocycles. The second kappa shape index (κ2) is 8.41. The van der Waals surface area contributed by atoms with E-state index in [9.17, 15) is 0 Å². The van der Waals surface area contributed by atoms with E-state index in [2.05, 4.69) is 17.1 Å². The van der Waals surface area contributed by atoms with Crippen LogP contribution in [-0.2, 0) is 0 Å². The van der Waals surface area contributed by atoms with Gasteiger partial charge in [-0.2, -0.15) is 5.10 Å². The van der Waals surface area contributed by atoms with Crippen molar-refractivity contribution in [2.45, 2.75) is 0 Å². The molecule has 6 nitrogen and oxygen atoms in total. The van der Waals surface area contributed by atoms with Crippen LogP contribution in [0.1, 0.15) is 5.56 Å². The van der Waals surface area contributed by atoms with E-state index in [1.165, 1.54) is 11.3 Å². The molecule has 0 saturated carbocycles. The predicted molar refractivity (Wildman–Crippen MR) is 123 cm³/mol. The number of fused-ring (bicyclic) bond motifs is 1. The molecule has 0 aliphatic rings. The van der Waals surface area contributed by atoms with E-state index in [0.717, 1.165) is 33.5 Å². The van der Waals surface area contributed by atoms with Crippen LogP contribution in [0, 0.1) is 0 Å². The Morgan fingerprint density at radius 1 is 1.06 bits per heavy atom. The molecular formula is C24H18N4O2S. The number of benzene rings is 2. The zero-order valence-electron chi connectivity index (χ0n) is 16.7. The summed E-state index contributed by atoms with van der Waals surface area (Å²) in [6.45, 7) is 0. The highest BCUT2D eigenvalue weighted by atomic mass is 32.1. The first-order valence-corrected chi connectivity index (χ1v) is 10.5. The van der Waals surface area contributed by atoms with Crippen LogP contribution in [0.15, 0.2) is 99.2 Å². The zero-order valence-corrected chi connectivity index (χ0v) is 17.5. The first-order valence-electron chi connectivity index (χ1n) is 9.63. The lowest BCUT2D eigenvalue weighted by molar-refractivity contribution is 0.415. The van der Waals surface area contributed by atoms with Crippen LogP contribution in [0.2, 0.25) is 0 Å². The van der Waals surface area contributed by atoms with Gasteiger partial charge in [-0.05, 0) is 41.1 Å². The lowest BCUT2D eigenvalue weighted by atomic mass is 10.0. The number of methoxy groups -OCH3 is 1. The molecule has 152 valence electrons. The minimum absolute atomic E-state index is 0.704. The molecular weight excluding hydrogens is 408 g/mol. The Bertz CT molecular complexity index is 1420. The maximum Gasteiger partial charge on any atom is 0.211 e. The molecule has 0 atom stereocenters. The SMILES string of the molecule is COc1ccc2ccccc2c1C=Nn1c(-c2ccco2)csc1=Nc1cccnc1. The fraction of sp³-hybridized carbons (Fsp3) is 0.0417. The molecule has 0 unspecified atom stereocenters. The van der Waals surface area contributed by atoms with Crippen molar-refractivity contribution in [2.75, 3.05) is 7.11 Å². The maximum atomic E-state index is 5.62. The van der Waals surface area contributed by atoms with Crippen LogP contribution in [0.5, 0.6) is 5.75 Å². The molecule has 0 N–H and O–H groups in total. The lowest BCUT2D eigenvalue weighted by Gasteiger charge is -2.08. The molecule has 0 aliphatic heterocycles. The number of hydrogen-bond donors (Lipinski definition) is 0. The van der Waals surface area contributed by atoms with Gasteiger partial charge < -0.3 is 9.15 Å². The number of ether oxygens (including phenoxy) is 1. The van der Waals surface area contributed by atoms with Gasteiger partial charge in [-0.1, -0.05) is 30.3 Å². The first kappa shape index (κ1) is 19.0. The summed E-state index contributed by atoms with van der Waals surface area (Å²) in [6, 6.07) is 19.7. The van der Waals surface area contributed by atoms with E-state index < -0.39 is 0 Å². The number of pyridine rings is 1. The summed E-state index contributed by atoms with van der Waals surface area (Å²) in [6.07, 6.45) is 6.89. The second-order valence-electron chi connectivity index (χ2n) is 6.66. The van der Waals surface area contributed by atoms with Crippen molar-refractivity contribution in [3.63, 3.8) is 0 Å². The predicted octanol–water partition coefficient (Wildman–Crippen LogP) is 5.48. The highest BCUT2D eigenvalue weighted by molar-refractivity contribution is 7.07. The van der Waals surface area contributed by atoms with E-state index in [1.54, 1.807) is 30.4 Å². The van der Waals surface area contributed by atoms with Crippen LogP contribution in [-0.4, -0.2) is 23.0 Å². The van der Waals surface area contributed by atoms with E-state index in [0.29, 0.717) is 10.6 Å². The molecule has 0 fully saturated rings. The third-order valence-electron chi connectivity index (χ3n) is 4.78. The third-order valence-corrected chi connectivity index (χ3v) is 5.60. The molecule has 3 aromatic heterocycles. The first-order chi connectivity index (χ1) is 15.3. The van der Waals surface area contributed by atoms with Crippen molar-refractivity contribution in [3.8, 4) is 17.2 Å². The van der Waals surface area contributed by atoms with Crippen LogP contribution in [0.4, 0.5) is 5.69 Å². The van der Waals surface area contributed by atoms with Crippen molar-refractivity contribution in [3.05, 3.63) is 95.1 Å². The van der Waals surface area contributed by atoms with Crippen LogP contribution >= 0.6 is 11.3 Å². The lowest BCUT2D eigenvalue weighted by Crippen LogP contribution is -2.11. The Labute approximate surface area is 182 Å². The largest absolute Gasteiger partial charge is 0.496 e. The highest BCUT2D eigenvalue weighted by Gasteiger charge is 2.11. The zero-order chi connectivity index (χ0) is 21.0. The average molecular weight is 427 g/mol. The molecule has 0 radical (unpaired) electrons. The minimum atomic E-state index is 0.704. The van der Waals surface area contributed by atoms with Gasteiger partial charge in [0.1, 0.15) is 11.4 Å². The van der Waals surface area contributed by atoms with Gasteiger partial charge in [0.15, 0.2) is 5.76 Å². The van der Waals surface area contributed by atoms with Gasteiger partial charge in [0.05, 0.1) is 31.5 Å². The second-order valence-corrected chi connectivity index (χ2v) is 7.50. The minimum Gasteiger partial charge on any atom is -0.496 e. The molecule has 5 aromatic rings. The van der Waals surface area contributed by atoms with Crippen LogP contribution in [0.25, 0.3) is 22.2 Å². The molecule has 5 rings (SSSR count). The topological polar surface area (TPSA) is 64.9 Å². The number of rotatable bonds is 5. The third kappa shape index (κ3) is 3.78. The monoisotopic (exact) mass is 426 g/mol. The molecule has 0 spiro atoms. The molecule has 0 bridgehead atoms. The molecule has 2 aromatic carbocycles. The van der Waals surface area contributed by atoms with E-state index in [-0.39, 0.29) is 0 Å². The summed E-state index contributed by atoms with van der Waals surface area (Å²) in [5, 5.41) is 8.95. The molecule has 31 heavy (non-hydrogen) atoms. The van der Waals surface area contributed by atoms with Crippen molar-refractivity contribution in [2.24, 2.45) is 10.1 Å². The molecule has 7 heteroatoms. The van der Waals surface area contributed by atoms with Crippen molar-refractivity contribution in [1.82, 2.24) is 9.66 Å². The van der Waals surface area contributed by atoms with Gasteiger partial charge in [-0.25, -0.2) is 9.67 Å².